The molecule has 4 aromatic rings. The minimum Gasteiger partial charge on any atom is -0.464 e. The molecule has 4 atom stereocenters. The highest BCUT2D eigenvalue weighted by atomic mass is 32.1. The molecule has 6 heterocycles. The molecule has 4 amide bonds. The van der Waals surface area contributed by atoms with Crippen molar-refractivity contribution in [1.29, 1.82) is 0 Å². The van der Waals surface area contributed by atoms with Gasteiger partial charge in [-0.25, -0.2) is 15.2 Å². The van der Waals surface area contributed by atoms with E-state index in [9.17, 15) is 19.2 Å². The second kappa shape index (κ2) is 19.5. The molecule has 3 aromatic heterocycles. The molecule has 0 radical (unpaired) electrons. The average Bonchev–Trinajstić information content (AvgIpc) is 3.86. The summed E-state index contributed by atoms with van der Waals surface area (Å²) in [6.45, 7) is 14.7. The number of benzene rings is 1. The number of likely N-dealkylation sites (N-methyl/N-ethyl adjacent to an activating group) is 2. The maximum Gasteiger partial charge on any atom is 0.324 e. The Morgan fingerprint density at radius 2 is 1.86 bits per heavy atom. The molecule has 2 fully saturated rings. The number of methoxy groups -OCH3 is 2. The summed E-state index contributed by atoms with van der Waals surface area (Å²) in [6.07, 6.45) is 3.25. The van der Waals surface area contributed by atoms with Crippen molar-refractivity contribution in [3.63, 3.8) is 0 Å². The quantitative estimate of drug-likeness (QED) is 0.182. The van der Waals surface area contributed by atoms with Gasteiger partial charge in [-0.3, -0.25) is 24.4 Å². The van der Waals surface area contributed by atoms with Gasteiger partial charge in [0.05, 0.1) is 47.9 Å². The van der Waals surface area contributed by atoms with Crippen LogP contribution in [0.3, 0.4) is 0 Å². The van der Waals surface area contributed by atoms with Crippen LogP contribution >= 0.6 is 11.3 Å². The molecule has 65 heavy (non-hydrogen) atoms. The number of amides is 4. The first kappa shape index (κ1) is 48.0. The molecule has 16 nitrogen and oxygen atoms in total. The van der Waals surface area contributed by atoms with Crippen LogP contribution in [0.2, 0.25) is 0 Å². The Morgan fingerprint density at radius 1 is 1.11 bits per heavy atom. The Bertz CT molecular complexity index is 2390. The molecule has 7 rings (SSSR count). The number of urea groups is 1. The number of pyridine rings is 1. The summed E-state index contributed by atoms with van der Waals surface area (Å²) in [5.74, 6) is -1.59. The Labute approximate surface area is 386 Å². The number of cyclic esters (lactones) is 1. The lowest BCUT2D eigenvalue weighted by Gasteiger charge is -2.51. The summed E-state index contributed by atoms with van der Waals surface area (Å²) >= 11 is 1.42. The number of ether oxygens (including phenoxy) is 3. The number of carbonyl (C=O) groups excluding carboxylic acids is 4. The van der Waals surface area contributed by atoms with Crippen LogP contribution in [0.5, 0.6) is 0 Å². The molecular formula is C48H67N9O7S. The summed E-state index contributed by atoms with van der Waals surface area (Å²) in [5, 5.41) is 8.18. The maximum absolute atomic E-state index is 14.6. The molecule has 1 aromatic carbocycles. The highest BCUT2D eigenvalue weighted by Crippen LogP contribution is 2.42. The van der Waals surface area contributed by atoms with E-state index in [0.29, 0.717) is 57.0 Å². The van der Waals surface area contributed by atoms with Crippen molar-refractivity contribution in [1.82, 2.24) is 45.0 Å². The van der Waals surface area contributed by atoms with Crippen LogP contribution in [0.1, 0.15) is 76.8 Å². The minimum atomic E-state index is -1.06. The van der Waals surface area contributed by atoms with Crippen LogP contribution in [-0.2, 0) is 48.0 Å². The molecule has 3 aliphatic heterocycles. The second-order valence-electron chi connectivity index (χ2n) is 19.3. The number of nitrogens with zero attached hydrogens (tertiary/aromatic N) is 7. The molecule has 3 aliphatic rings. The first-order valence-corrected chi connectivity index (χ1v) is 23.6. The average molecular weight is 914 g/mol. The lowest BCUT2D eigenvalue weighted by atomic mass is 9.84. The van der Waals surface area contributed by atoms with E-state index in [0.717, 1.165) is 44.7 Å². The standard InChI is InChI=1S/C48H67N9O7S/c1-12-56-38-18-17-31-21-33(38)34(42(56)32-15-13-19-49-40(32)30(4)62-10)23-47(5,6)28-64-45(60)35-16-14-20-57(52-35)44(59)36(22-39-50-37(31)24-65-39)51-43(58)41(29(2)3)54(9)46(61)55-26-48(27-55,63-11)25-53(7)8/h13,15,17-19,21,24,29-30,35-36,41,52H,12,14,16,20,22-23,25-28H2,1-11H3,(H,51,58)/t30-,35-,36-,41-/m0/s1. The zero-order chi connectivity index (χ0) is 47.0. The number of aryl methyl sites for hydroxylation is 1. The first-order valence-electron chi connectivity index (χ1n) is 22.7. The Morgan fingerprint density at radius 3 is 2.54 bits per heavy atom. The van der Waals surface area contributed by atoms with Gasteiger partial charge in [0.25, 0.3) is 5.91 Å². The van der Waals surface area contributed by atoms with Gasteiger partial charge in [0.15, 0.2) is 0 Å². The van der Waals surface area contributed by atoms with E-state index >= 15 is 0 Å². The molecule has 352 valence electrons. The van der Waals surface area contributed by atoms with Gasteiger partial charge in [0.2, 0.25) is 5.91 Å². The van der Waals surface area contributed by atoms with Gasteiger partial charge in [-0.1, -0.05) is 33.8 Å². The summed E-state index contributed by atoms with van der Waals surface area (Å²) in [7, 11) is 8.90. The van der Waals surface area contributed by atoms with Gasteiger partial charge in [-0.15, -0.1) is 11.3 Å². The zero-order valence-corrected chi connectivity index (χ0v) is 40.7. The zero-order valence-electron chi connectivity index (χ0n) is 39.9. The van der Waals surface area contributed by atoms with Crippen molar-refractivity contribution in [2.75, 3.05) is 68.1 Å². The van der Waals surface area contributed by atoms with E-state index in [-0.39, 0.29) is 31.1 Å². The third kappa shape index (κ3) is 9.94. The van der Waals surface area contributed by atoms with Crippen molar-refractivity contribution >= 4 is 46.1 Å². The number of rotatable bonds is 11. The monoisotopic (exact) mass is 913 g/mol. The van der Waals surface area contributed by atoms with Gasteiger partial charge < -0.3 is 38.8 Å². The van der Waals surface area contributed by atoms with Crippen LogP contribution < -0.4 is 10.7 Å². The Hall–Kier alpha value is -4.94. The molecule has 0 saturated carbocycles. The molecule has 17 heteroatoms. The summed E-state index contributed by atoms with van der Waals surface area (Å²) < 4.78 is 20.1. The van der Waals surface area contributed by atoms with Crippen LogP contribution in [0.15, 0.2) is 41.9 Å². The number of thiazole rings is 1. The van der Waals surface area contributed by atoms with E-state index in [4.69, 9.17) is 24.2 Å². The summed E-state index contributed by atoms with van der Waals surface area (Å²) in [6, 6.07) is 7.44. The number of esters is 1. The molecule has 2 N–H and O–H groups in total. The molecule has 0 unspecified atom stereocenters. The lowest BCUT2D eigenvalue weighted by Crippen LogP contribution is -2.70. The predicted octanol–water partition coefficient (Wildman–Crippen LogP) is 5.54. The van der Waals surface area contributed by atoms with Crippen LogP contribution in [0.4, 0.5) is 4.79 Å². The van der Waals surface area contributed by atoms with E-state index in [1.807, 2.05) is 51.2 Å². The van der Waals surface area contributed by atoms with Crippen molar-refractivity contribution < 1.29 is 33.4 Å². The van der Waals surface area contributed by atoms with Crippen LogP contribution in [-0.4, -0.2) is 150 Å². The summed E-state index contributed by atoms with van der Waals surface area (Å²) in [4.78, 5) is 71.9. The third-order valence-electron chi connectivity index (χ3n) is 13.0. The predicted molar refractivity (Wildman–Crippen MR) is 251 cm³/mol. The fourth-order valence-electron chi connectivity index (χ4n) is 9.74. The van der Waals surface area contributed by atoms with Crippen molar-refractivity contribution in [3.8, 4) is 22.5 Å². The number of hydrogen-bond acceptors (Lipinski definition) is 12. The number of carbonyl (C=O) groups is 4. The number of hydrogen-bond donors (Lipinski definition) is 2. The number of likely N-dealkylation sites (tertiary alicyclic amines) is 1. The minimum absolute atomic E-state index is 0.0948. The molecular weight excluding hydrogens is 847 g/mol. The smallest absolute Gasteiger partial charge is 0.324 e. The first-order chi connectivity index (χ1) is 30.9. The molecule has 0 spiro atoms. The second-order valence-corrected chi connectivity index (χ2v) is 20.3. The Balaban J connectivity index is 1.25. The fraction of sp³-hybridized carbons (Fsp3) is 0.583. The van der Waals surface area contributed by atoms with E-state index in [1.54, 1.807) is 32.4 Å². The van der Waals surface area contributed by atoms with Gasteiger partial charge in [0.1, 0.15) is 23.7 Å². The topological polar surface area (TPSA) is 164 Å². The normalized spacial score (nSPS) is 20.9. The van der Waals surface area contributed by atoms with Crippen LogP contribution in [0, 0.1) is 11.3 Å². The van der Waals surface area contributed by atoms with E-state index in [2.05, 4.69) is 60.3 Å². The third-order valence-corrected chi connectivity index (χ3v) is 13.9. The van der Waals surface area contributed by atoms with Crippen molar-refractivity contribution in [3.05, 3.63) is 58.2 Å². The highest BCUT2D eigenvalue weighted by Gasteiger charge is 2.48. The van der Waals surface area contributed by atoms with Crippen LogP contribution in [0.25, 0.3) is 33.4 Å². The summed E-state index contributed by atoms with van der Waals surface area (Å²) in [5.41, 5.74) is 8.86. The van der Waals surface area contributed by atoms with Gasteiger partial charge >= 0.3 is 12.0 Å². The lowest BCUT2D eigenvalue weighted by molar-refractivity contribution is -0.155. The van der Waals surface area contributed by atoms with E-state index < -0.39 is 46.9 Å². The van der Waals surface area contributed by atoms with Crippen molar-refractivity contribution in [2.24, 2.45) is 11.3 Å². The van der Waals surface area contributed by atoms with Crippen molar-refractivity contribution in [2.45, 2.75) is 104 Å². The van der Waals surface area contributed by atoms with Gasteiger partial charge in [0, 0.05) is 86.3 Å². The number of fused-ring (bicyclic) bond motifs is 6. The molecule has 2 saturated heterocycles. The SMILES string of the molecule is CCn1c(-c2cccnc2[C@H](C)OC)c2c3cc(ccc31)-c1csc(n1)C[C@H](NC(=O)[C@H](C(C)C)N(C)C(=O)N1CC(CN(C)C)(OC)C1)C(=O)N1CCC[C@H](N1)C(=O)OCC(C)(C)C2. The number of aromatic nitrogens is 3. The van der Waals surface area contributed by atoms with Gasteiger partial charge in [-0.2, -0.15) is 0 Å². The number of hydrazine groups is 1. The largest absolute Gasteiger partial charge is 0.464 e. The molecule has 6 bridgehead atoms. The van der Waals surface area contributed by atoms with Gasteiger partial charge in [-0.05, 0) is 83.0 Å². The fourth-order valence-corrected chi connectivity index (χ4v) is 10.6. The highest BCUT2D eigenvalue weighted by molar-refractivity contribution is 7.10. The molecule has 0 aliphatic carbocycles. The van der Waals surface area contributed by atoms with E-state index in [1.165, 1.54) is 21.2 Å². The maximum atomic E-state index is 14.6. The Kier molecular flexibility index (Phi) is 14.4. The number of nitrogens with one attached hydrogen (secondary N) is 2.